The fourth-order valence-corrected chi connectivity index (χ4v) is 1.23. The lowest BCUT2D eigenvalue weighted by molar-refractivity contribution is -0.153. The standard InChI is InChI=1S/C9H16F3NO3/c1-6(2)13(5-9(10,11)12)4-7(14)3-8(15)16/h6-7,14H,3-5H2,1-2H3,(H,15,16). The van der Waals surface area contributed by atoms with Crippen LogP contribution in [0.1, 0.15) is 20.3 Å². The van der Waals surface area contributed by atoms with Crippen LogP contribution in [0.4, 0.5) is 13.2 Å². The van der Waals surface area contributed by atoms with Crippen LogP contribution in [0.15, 0.2) is 0 Å². The highest BCUT2D eigenvalue weighted by Gasteiger charge is 2.32. The third kappa shape index (κ3) is 7.47. The van der Waals surface area contributed by atoms with E-state index in [1.807, 2.05) is 0 Å². The number of rotatable bonds is 6. The van der Waals surface area contributed by atoms with Crippen molar-refractivity contribution in [3.8, 4) is 0 Å². The molecule has 0 radical (unpaired) electrons. The maximum Gasteiger partial charge on any atom is 0.401 e. The molecule has 2 N–H and O–H groups in total. The summed E-state index contributed by atoms with van der Waals surface area (Å²) in [5.41, 5.74) is 0. The Labute approximate surface area is 91.7 Å². The normalized spacial score (nSPS) is 14.5. The molecule has 0 spiro atoms. The van der Waals surface area contributed by atoms with Gasteiger partial charge in [0, 0.05) is 12.6 Å². The predicted octanol–water partition coefficient (Wildman–Crippen LogP) is 1.09. The average Bonchev–Trinajstić information content (AvgIpc) is 1.97. The maximum atomic E-state index is 12.1. The Kier molecular flexibility index (Phi) is 5.74. The zero-order valence-corrected chi connectivity index (χ0v) is 9.16. The van der Waals surface area contributed by atoms with Crippen molar-refractivity contribution in [3.63, 3.8) is 0 Å². The zero-order valence-electron chi connectivity index (χ0n) is 9.16. The van der Waals surface area contributed by atoms with Crippen LogP contribution in [0.25, 0.3) is 0 Å². The van der Waals surface area contributed by atoms with E-state index in [-0.39, 0.29) is 6.54 Å². The second-order valence-electron chi connectivity index (χ2n) is 3.89. The van der Waals surface area contributed by atoms with Gasteiger partial charge in [-0.25, -0.2) is 0 Å². The lowest BCUT2D eigenvalue weighted by Gasteiger charge is -2.29. The lowest BCUT2D eigenvalue weighted by atomic mass is 10.2. The molecule has 16 heavy (non-hydrogen) atoms. The third-order valence-corrected chi connectivity index (χ3v) is 1.97. The molecule has 1 unspecified atom stereocenters. The Bertz CT molecular complexity index is 231. The first-order chi connectivity index (χ1) is 7.11. The Hall–Kier alpha value is -0.820. The summed E-state index contributed by atoms with van der Waals surface area (Å²) in [5, 5.41) is 17.6. The van der Waals surface area contributed by atoms with Crippen molar-refractivity contribution in [2.24, 2.45) is 0 Å². The molecule has 0 aromatic carbocycles. The first-order valence-corrected chi connectivity index (χ1v) is 4.82. The van der Waals surface area contributed by atoms with Crippen molar-refractivity contribution < 1.29 is 28.2 Å². The number of hydrogen-bond acceptors (Lipinski definition) is 3. The van der Waals surface area contributed by atoms with Crippen molar-refractivity contribution in [2.75, 3.05) is 13.1 Å². The van der Waals surface area contributed by atoms with Gasteiger partial charge in [0.25, 0.3) is 0 Å². The molecule has 0 aliphatic carbocycles. The van der Waals surface area contributed by atoms with E-state index >= 15 is 0 Å². The summed E-state index contributed by atoms with van der Waals surface area (Å²) in [6.45, 7) is 1.66. The summed E-state index contributed by atoms with van der Waals surface area (Å²) >= 11 is 0. The highest BCUT2D eigenvalue weighted by atomic mass is 19.4. The molecule has 96 valence electrons. The molecule has 0 aromatic heterocycles. The summed E-state index contributed by atoms with van der Waals surface area (Å²) in [6.07, 6.45) is -6.20. The highest BCUT2D eigenvalue weighted by Crippen LogP contribution is 2.18. The monoisotopic (exact) mass is 243 g/mol. The van der Waals surface area contributed by atoms with Crippen LogP contribution < -0.4 is 0 Å². The number of carboxylic acids is 1. The zero-order chi connectivity index (χ0) is 12.9. The Morgan fingerprint density at radius 2 is 1.88 bits per heavy atom. The molecule has 0 saturated heterocycles. The fourth-order valence-electron chi connectivity index (χ4n) is 1.23. The number of carboxylic acid groups (broad SMARTS) is 1. The number of aliphatic hydroxyl groups excluding tert-OH is 1. The molecule has 0 saturated carbocycles. The molecule has 4 nitrogen and oxygen atoms in total. The van der Waals surface area contributed by atoms with Gasteiger partial charge in [0.05, 0.1) is 19.1 Å². The predicted molar refractivity (Wildman–Crippen MR) is 51.0 cm³/mol. The molecule has 0 rings (SSSR count). The van der Waals surface area contributed by atoms with Gasteiger partial charge in [-0.3, -0.25) is 9.69 Å². The van der Waals surface area contributed by atoms with E-state index < -0.39 is 37.3 Å². The minimum atomic E-state index is -4.35. The molecule has 0 bridgehead atoms. The van der Waals surface area contributed by atoms with Gasteiger partial charge in [0.2, 0.25) is 0 Å². The number of aliphatic carboxylic acids is 1. The second-order valence-corrected chi connectivity index (χ2v) is 3.89. The minimum absolute atomic E-state index is 0.302. The average molecular weight is 243 g/mol. The molecule has 0 aliphatic rings. The van der Waals surface area contributed by atoms with E-state index in [4.69, 9.17) is 5.11 Å². The molecule has 0 aliphatic heterocycles. The Morgan fingerprint density at radius 3 is 2.19 bits per heavy atom. The third-order valence-electron chi connectivity index (χ3n) is 1.97. The van der Waals surface area contributed by atoms with Gasteiger partial charge in [0.15, 0.2) is 0 Å². The Morgan fingerprint density at radius 1 is 1.38 bits per heavy atom. The van der Waals surface area contributed by atoms with E-state index in [1.54, 1.807) is 13.8 Å². The van der Waals surface area contributed by atoms with E-state index in [0.717, 1.165) is 4.90 Å². The Balaban J connectivity index is 4.28. The van der Waals surface area contributed by atoms with Crippen LogP contribution in [0.3, 0.4) is 0 Å². The number of hydrogen-bond donors (Lipinski definition) is 2. The molecular formula is C9H16F3NO3. The van der Waals surface area contributed by atoms with E-state index in [0.29, 0.717) is 0 Å². The number of alkyl halides is 3. The summed E-state index contributed by atoms with van der Waals surface area (Å²) in [6, 6.07) is -0.412. The molecule has 1 atom stereocenters. The van der Waals surface area contributed by atoms with Crippen molar-refractivity contribution in [1.29, 1.82) is 0 Å². The number of halogens is 3. The van der Waals surface area contributed by atoms with Gasteiger partial charge < -0.3 is 10.2 Å². The van der Waals surface area contributed by atoms with Crippen LogP contribution in [-0.2, 0) is 4.79 Å². The van der Waals surface area contributed by atoms with Gasteiger partial charge in [-0.05, 0) is 13.8 Å². The van der Waals surface area contributed by atoms with Crippen LogP contribution in [0, 0.1) is 0 Å². The quantitative estimate of drug-likeness (QED) is 0.733. The van der Waals surface area contributed by atoms with Crippen molar-refractivity contribution in [2.45, 2.75) is 38.6 Å². The maximum absolute atomic E-state index is 12.1. The van der Waals surface area contributed by atoms with Gasteiger partial charge in [0.1, 0.15) is 0 Å². The molecule has 0 aromatic rings. The largest absolute Gasteiger partial charge is 0.481 e. The van der Waals surface area contributed by atoms with Gasteiger partial charge >= 0.3 is 12.1 Å². The van der Waals surface area contributed by atoms with Gasteiger partial charge in [-0.1, -0.05) is 0 Å². The summed E-state index contributed by atoms with van der Waals surface area (Å²) in [7, 11) is 0. The molecule has 0 heterocycles. The summed E-state index contributed by atoms with van der Waals surface area (Å²) in [4.78, 5) is 11.2. The first-order valence-electron chi connectivity index (χ1n) is 4.82. The molecule has 0 fully saturated rings. The number of nitrogens with zero attached hydrogens (tertiary/aromatic N) is 1. The van der Waals surface area contributed by atoms with Crippen LogP contribution in [0.2, 0.25) is 0 Å². The van der Waals surface area contributed by atoms with Crippen molar-refractivity contribution in [3.05, 3.63) is 0 Å². The van der Waals surface area contributed by atoms with Crippen LogP contribution in [-0.4, -0.2) is 52.5 Å². The molecular weight excluding hydrogens is 227 g/mol. The van der Waals surface area contributed by atoms with Crippen molar-refractivity contribution in [1.82, 2.24) is 4.90 Å². The highest BCUT2D eigenvalue weighted by molar-refractivity contribution is 5.67. The van der Waals surface area contributed by atoms with Crippen LogP contribution in [0.5, 0.6) is 0 Å². The minimum Gasteiger partial charge on any atom is -0.481 e. The van der Waals surface area contributed by atoms with Crippen molar-refractivity contribution >= 4 is 5.97 Å². The van der Waals surface area contributed by atoms with Crippen LogP contribution >= 0.6 is 0 Å². The van der Waals surface area contributed by atoms with E-state index in [9.17, 15) is 23.1 Å². The van der Waals surface area contributed by atoms with E-state index in [2.05, 4.69) is 0 Å². The first kappa shape index (κ1) is 15.2. The second kappa shape index (κ2) is 6.05. The number of aliphatic hydroxyl groups is 1. The SMILES string of the molecule is CC(C)N(CC(O)CC(=O)O)CC(F)(F)F. The summed E-state index contributed by atoms with van der Waals surface area (Å²) in [5.74, 6) is -1.23. The lowest BCUT2D eigenvalue weighted by Crippen LogP contribution is -2.43. The topological polar surface area (TPSA) is 60.8 Å². The van der Waals surface area contributed by atoms with Gasteiger partial charge in [-0.2, -0.15) is 13.2 Å². The fraction of sp³-hybridized carbons (Fsp3) is 0.889. The molecule has 0 amide bonds. The smallest absolute Gasteiger partial charge is 0.401 e. The van der Waals surface area contributed by atoms with Gasteiger partial charge in [-0.15, -0.1) is 0 Å². The molecule has 7 heteroatoms. The summed E-state index contributed by atoms with van der Waals surface area (Å²) < 4.78 is 36.4. The van der Waals surface area contributed by atoms with E-state index in [1.165, 1.54) is 0 Å². The number of carbonyl (C=O) groups is 1.